The molecule has 0 amide bonds. The molecule has 2 aliphatic carbocycles. The van der Waals surface area contributed by atoms with Crippen LogP contribution in [0.2, 0.25) is 0 Å². The number of nitrogens with zero attached hydrogens (tertiary/aromatic N) is 4. The highest BCUT2D eigenvalue weighted by atomic mass is 19.2. The van der Waals surface area contributed by atoms with Crippen LogP contribution in [0.5, 0.6) is 5.75 Å². The number of halogens is 3. The molecule has 6 nitrogen and oxygen atoms in total. The maximum atomic E-state index is 16.1. The van der Waals surface area contributed by atoms with Gasteiger partial charge in [0.25, 0.3) is 0 Å². The van der Waals surface area contributed by atoms with Gasteiger partial charge in [0.1, 0.15) is 34.4 Å². The maximum Gasteiger partial charge on any atom is 0.175 e. The largest absolute Gasteiger partial charge is 0.508 e. The quantitative estimate of drug-likeness (QED) is 0.509. The van der Waals surface area contributed by atoms with Gasteiger partial charge in [-0.1, -0.05) is 6.92 Å². The van der Waals surface area contributed by atoms with Crippen molar-refractivity contribution in [3.05, 3.63) is 46.9 Å². The first-order chi connectivity index (χ1) is 17.3. The summed E-state index contributed by atoms with van der Waals surface area (Å²) in [5.41, 5.74) is 6.54. The predicted octanol–water partition coefficient (Wildman–Crippen LogP) is 5.36. The lowest BCUT2D eigenvalue weighted by Crippen LogP contribution is -2.55. The predicted molar refractivity (Wildman–Crippen MR) is 132 cm³/mol. The van der Waals surface area contributed by atoms with Crippen molar-refractivity contribution in [3.8, 4) is 17.0 Å². The third kappa shape index (κ3) is 3.63. The molecule has 1 spiro atoms. The van der Waals surface area contributed by atoms with E-state index in [-0.39, 0.29) is 52.4 Å². The second-order valence-corrected chi connectivity index (χ2v) is 10.4. The number of piperidine rings is 1. The summed E-state index contributed by atoms with van der Waals surface area (Å²) in [5, 5.41) is 10.7. The zero-order chi connectivity index (χ0) is 25.2. The lowest BCUT2D eigenvalue weighted by molar-refractivity contribution is 0.0824. The Morgan fingerprint density at radius 2 is 1.97 bits per heavy atom. The number of aromatic hydroxyl groups is 1. The van der Waals surface area contributed by atoms with Gasteiger partial charge >= 0.3 is 0 Å². The van der Waals surface area contributed by atoms with Crippen LogP contribution in [0.1, 0.15) is 56.0 Å². The van der Waals surface area contributed by atoms with Crippen LogP contribution in [0, 0.1) is 11.2 Å². The fourth-order valence-electron chi connectivity index (χ4n) is 6.27. The zero-order valence-corrected chi connectivity index (χ0v) is 20.1. The molecule has 0 radical (unpaired) electrons. The van der Waals surface area contributed by atoms with E-state index in [0.717, 1.165) is 38.8 Å². The van der Waals surface area contributed by atoms with Gasteiger partial charge in [-0.3, -0.25) is 4.98 Å². The van der Waals surface area contributed by atoms with Gasteiger partial charge in [0, 0.05) is 49.3 Å². The topological polar surface area (TPSA) is 88.2 Å². The Labute approximate surface area is 207 Å². The highest BCUT2D eigenvalue weighted by Crippen LogP contribution is 2.48. The molecule has 0 unspecified atom stereocenters. The monoisotopic (exact) mass is 495 g/mol. The van der Waals surface area contributed by atoms with E-state index in [1.165, 1.54) is 18.3 Å². The van der Waals surface area contributed by atoms with E-state index in [4.69, 9.17) is 10.7 Å². The molecule has 6 rings (SSSR count). The first-order valence-corrected chi connectivity index (χ1v) is 12.5. The average molecular weight is 496 g/mol. The summed E-state index contributed by atoms with van der Waals surface area (Å²) in [6.07, 6.45) is 6.19. The normalized spacial score (nSPS) is 23.8. The van der Waals surface area contributed by atoms with Gasteiger partial charge in [-0.05, 0) is 55.2 Å². The second-order valence-electron chi connectivity index (χ2n) is 10.4. The minimum atomic E-state index is -1.04. The highest BCUT2D eigenvalue weighted by Gasteiger charge is 2.45. The Balaban J connectivity index is 1.51. The second kappa shape index (κ2) is 8.44. The van der Waals surface area contributed by atoms with Gasteiger partial charge in [-0.2, -0.15) is 0 Å². The van der Waals surface area contributed by atoms with Crippen molar-refractivity contribution in [1.29, 1.82) is 0 Å². The highest BCUT2D eigenvalue weighted by molar-refractivity contribution is 5.93. The third-order valence-corrected chi connectivity index (χ3v) is 7.91. The Kier molecular flexibility index (Phi) is 5.44. The number of phenolic OH excluding ortho intramolecular Hbond substituents is 1. The van der Waals surface area contributed by atoms with E-state index in [1.807, 2.05) is 6.92 Å². The van der Waals surface area contributed by atoms with Crippen LogP contribution in [-0.2, 0) is 12.8 Å². The fraction of sp³-hybridized carbons (Fsp3) is 0.444. The summed E-state index contributed by atoms with van der Waals surface area (Å²) in [5.74, 6) is -1.69. The number of hydrogen-bond donors (Lipinski definition) is 2. The molecule has 0 bridgehead atoms. The van der Waals surface area contributed by atoms with E-state index in [2.05, 4.69) is 14.9 Å². The van der Waals surface area contributed by atoms with Gasteiger partial charge in [0.2, 0.25) is 0 Å². The maximum absolute atomic E-state index is 16.1. The van der Waals surface area contributed by atoms with Crippen molar-refractivity contribution in [1.82, 2.24) is 15.0 Å². The van der Waals surface area contributed by atoms with Gasteiger partial charge in [-0.15, -0.1) is 0 Å². The molecule has 2 fully saturated rings. The molecule has 2 aromatic heterocycles. The van der Waals surface area contributed by atoms with Crippen LogP contribution in [0.4, 0.5) is 19.0 Å². The lowest BCUT2D eigenvalue weighted by atomic mass is 9.62. The number of fused-ring (bicyclic) bond motifs is 2. The number of anilines is 1. The summed E-state index contributed by atoms with van der Waals surface area (Å²) in [4.78, 5) is 15.8. The molecule has 1 saturated carbocycles. The van der Waals surface area contributed by atoms with E-state index in [0.29, 0.717) is 29.0 Å². The number of aryl methyl sites for hydroxylation is 2. The summed E-state index contributed by atoms with van der Waals surface area (Å²) in [7, 11) is 0. The Morgan fingerprint density at radius 1 is 1.17 bits per heavy atom. The molecule has 3 aliphatic rings. The smallest absolute Gasteiger partial charge is 0.175 e. The van der Waals surface area contributed by atoms with E-state index < -0.39 is 17.5 Å². The average Bonchev–Trinajstić information content (AvgIpc) is 2.85. The number of benzene rings is 1. The van der Waals surface area contributed by atoms with Gasteiger partial charge in [-0.25, -0.2) is 23.1 Å². The molecular formula is C27H28F3N5O. The van der Waals surface area contributed by atoms with Gasteiger partial charge in [0.05, 0.1) is 5.39 Å². The summed E-state index contributed by atoms with van der Waals surface area (Å²) < 4.78 is 45.2. The molecular weight excluding hydrogens is 467 g/mol. The number of hydrogen-bond acceptors (Lipinski definition) is 6. The molecule has 3 aromatic rings. The molecule has 9 heteroatoms. The van der Waals surface area contributed by atoms with Crippen LogP contribution >= 0.6 is 0 Å². The number of aromatic nitrogens is 3. The summed E-state index contributed by atoms with van der Waals surface area (Å²) >= 11 is 0. The standard InChI is InChI=1S/C27H28F3N5O/c1-2-20-33-25-18(26(34-20)35-7-3-6-27(13-35)10-15(31)11-27)12-32-24(23(25)30)17-9-16(36)8-14-4-5-19(28)22(29)21(14)17/h8-9,12,15,36H,2-7,10-11,13,31H2,1H3. The van der Waals surface area contributed by atoms with Crippen LogP contribution in [0.25, 0.3) is 28.0 Å². The van der Waals surface area contributed by atoms with Crippen molar-refractivity contribution in [2.75, 3.05) is 18.0 Å². The molecule has 1 aliphatic heterocycles. The summed E-state index contributed by atoms with van der Waals surface area (Å²) in [6, 6.07) is 2.84. The van der Waals surface area contributed by atoms with Gasteiger partial charge in [0.15, 0.2) is 11.6 Å². The molecule has 36 heavy (non-hydrogen) atoms. The molecule has 3 N–H and O–H groups in total. The third-order valence-electron chi connectivity index (χ3n) is 7.91. The molecule has 1 saturated heterocycles. The fourth-order valence-corrected chi connectivity index (χ4v) is 6.27. The van der Waals surface area contributed by atoms with Gasteiger partial charge < -0.3 is 15.7 Å². The Morgan fingerprint density at radius 3 is 2.72 bits per heavy atom. The minimum Gasteiger partial charge on any atom is -0.508 e. The molecule has 3 heterocycles. The van der Waals surface area contributed by atoms with Crippen molar-refractivity contribution < 1.29 is 18.3 Å². The number of rotatable bonds is 3. The first kappa shape index (κ1) is 23.2. The number of nitrogens with two attached hydrogens (primary N) is 1. The van der Waals surface area contributed by atoms with E-state index in [1.54, 1.807) is 0 Å². The minimum absolute atomic E-state index is 0.00958. The number of phenols is 1. The van der Waals surface area contributed by atoms with Crippen LogP contribution < -0.4 is 10.6 Å². The first-order valence-electron chi connectivity index (χ1n) is 12.5. The van der Waals surface area contributed by atoms with Crippen molar-refractivity contribution in [2.24, 2.45) is 11.1 Å². The Bertz CT molecular complexity index is 1410. The SMILES string of the molecule is CCc1nc(N2CCCC3(CC(N)C3)C2)c2cnc(-c3cc(O)cc4c3C(F)=C(F)CC4)c(F)c2n1. The van der Waals surface area contributed by atoms with Crippen molar-refractivity contribution >= 4 is 22.5 Å². The lowest BCUT2D eigenvalue weighted by Gasteiger charge is -2.52. The summed E-state index contributed by atoms with van der Waals surface area (Å²) in [6.45, 7) is 3.50. The van der Waals surface area contributed by atoms with Crippen LogP contribution in [0.15, 0.2) is 24.2 Å². The zero-order valence-electron chi connectivity index (χ0n) is 20.1. The van der Waals surface area contributed by atoms with E-state index >= 15 is 4.39 Å². The Hall–Kier alpha value is -3.20. The molecule has 188 valence electrons. The van der Waals surface area contributed by atoms with E-state index in [9.17, 15) is 13.9 Å². The molecule has 0 atom stereocenters. The number of allylic oxidation sites excluding steroid dienone is 1. The molecule has 1 aromatic carbocycles. The van der Waals surface area contributed by atoms with Crippen LogP contribution in [0.3, 0.4) is 0 Å². The van der Waals surface area contributed by atoms with Crippen molar-refractivity contribution in [2.45, 2.75) is 57.9 Å². The van der Waals surface area contributed by atoms with Crippen LogP contribution in [-0.4, -0.2) is 39.2 Å². The van der Waals surface area contributed by atoms with Crippen molar-refractivity contribution in [3.63, 3.8) is 0 Å². The number of pyridine rings is 1.